The Morgan fingerprint density at radius 3 is 2.14 bits per heavy atom. The maximum atomic E-state index is 13.2. The van der Waals surface area contributed by atoms with E-state index in [1.165, 1.54) is 19.2 Å². The van der Waals surface area contributed by atoms with Crippen molar-refractivity contribution in [2.45, 2.75) is 31.7 Å². The Labute approximate surface area is 243 Å². The highest BCUT2D eigenvalue weighted by Crippen LogP contribution is 2.35. The van der Waals surface area contributed by atoms with Gasteiger partial charge in [0.05, 0.1) is 24.5 Å². The SMILES string of the molecule is COC(=O)[C@@H](NS(=O)(=O)c1ccc(-c2ccc(NC(=O)c3oc4cccc(-c5ccoc5)c4c3C)cc2)cc1)C(C)C. The first-order valence-electron chi connectivity index (χ1n) is 13.3. The second kappa shape index (κ2) is 11.7. The summed E-state index contributed by atoms with van der Waals surface area (Å²) in [5, 5.41) is 3.74. The van der Waals surface area contributed by atoms with Crippen LogP contribution < -0.4 is 10.0 Å². The third kappa shape index (κ3) is 5.72. The number of esters is 1. The number of ether oxygens (including phenoxy) is 1. The van der Waals surface area contributed by atoms with Crippen molar-refractivity contribution in [1.82, 2.24) is 4.72 Å². The Morgan fingerprint density at radius 2 is 1.55 bits per heavy atom. The molecule has 0 bridgehead atoms. The third-order valence-corrected chi connectivity index (χ3v) is 8.49. The van der Waals surface area contributed by atoms with E-state index in [4.69, 9.17) is 13.6 Å². The number of hydrogen-bond acceptors (Lipinski definition) is 7. The summed E-state index contributed by atoms with van der Waals surface area (Å²) in [7, 11) is -2.73. The standard InChI is InChI=1S/C32H30N2O7S/c1-19(2)29(32(36)39-4)34-42(37,38)25-14-10-22(11-15-25)21-8-12-24(13-9-21)33-31(35)30-20(3)28-26(23-16-17-40-18-23)6-5-7-27(28)41-30/h5-19,29,34H,1-4H3,(H,33,35)/t29-/m0/s1. The maximum Gasteiger partial charge on any atom is 0.324 e. The molecule has 0 aliphatic heterocycles. The molecule has 0 unspecified atom stereocenters. The number of amides is 1. The first kappa shape index (κ1) is 28.8. The van der Waals surface area contributed by atoms with Crippen molar-refractivity contribution in [3.05, 3.63) is 96.6 Å². The lowest BCUT2D eigenvalue weighted by atomic mass is 10.0. The summed E-state index contributed by atoms with van der Waals surface area (Å²) in [5.41, 5.74) is 5.33. The minimum absolute atomic E-state index is 0.0295. The average Bonchev–Trinajstić information content (AvgIpc) is 3.64. The van der Waals surface area contributed by atoms with Gasteiger partial charge in [-0.3, -0.25) is 9.59 Å². The van der Waals surface area contributed by atoms with E-state index in [-0.39, 0.29) is 22.5 Å². The lowest BCUT2D eigenvalue weighted by Crippen LogP contribution is -2.44. The van der Waals surface area contributed by atoms with Gasteiger partial charge >= 0.3 is 5.97 Å². The van der Waals surface area contributed by atoms with Crippen molar-refractivity contribution >= 4 is 38.6 Å². The molecule has 5 rings (SSSR count). The van der Waals surface area contributed by atoms with Crippen molar-refractivity contribution in [3.63, 3.8) is 0 Å². The summed E-state index contributed by atoms with van der Waals surface area (Å²) in [6.45, 7) is 5.32. The summed E-state index contributed by atoms with van der Waals surface area (Å²) in [4.78, 5) is 25.2. The topological polar surface area (TPSA) is 128 Å². The molecule has 2 heterocycles. The molecule has 9 nitrogen and oxygen atoms in total. The molecule has 0 radical (unpaired) electrons. The lowest BCUT2D eigenvalue weighted by molar-refractivity contribution is -0.143. The zero-order valence-corrected chi connectivity index (χ0v) is 24.3. The van der Waals surface area contributed by atoms with Crippen molar-refractivity contribution in [2.24, 2.45) is 5.92 Å². The van der Waals surface area contributed by atoms with Gasteiger partial charge in [-0.2, -0.15) is 4.72 Å². The molecule has 42 heavy (non-hydrogen) atoms. The molecule has 0 spiro atoms. The molecule has 0 aliphatic rings. The Kier molecular flexibility index (Phi) is 8.02. The molecule has 0 saturated heterocycles. The average molecular weight is 587 g/mol. The molecular weight excluding hydrogens is 556 g/mol. The van der Waals surface area contributed by atoms with Gasteiger partial charge in [-0.25, -0.2) is 8.42 Å². The van der Waals surface area contributed by atoms with E-state index in [0.717, 1.165) is 33.2 Å². The van der Waals surface area contributed by atoms with E-state index in [2.05, 4.69) is 10.0 Å². The number of aryl methyl sites for hydroxylation is 1. The number of sulfonamides is 1. The van der Waals surface area contributed by atoms with Gasteiger partial charge in [0.25, 0.3) is 5.91 Å². The lowest BCUT2D eigenvalue weighted by Gasteiger charge is -2.19. The minimum Gasteiger partial charge on any atom is -0.472 e. The first-order chi connectivity index (χ1) is 20.1. The molecule has 2 N–H and O–H groups in total. The number of furan rings is 2. The largest absolute Gasteiger partial charge is 0.472 e. The predicted octanol–water partition coefficient (Wildman–Crippen LogP) is 6.40. The van der Waals surface area contributed by atoms with Gasteiger partial charge in [0.2, 0.25) is 10.0 Å². The van der Waals surface area contributed by atoms with Crippen LogP contribution in [0.2, 0.25) is 0 Å². The molecule has 10 heteroatoms. The third-order valence-electron chi connectivity index (χ3n) is 7.04. The van der Waals surface area contributed by atoms with Crippen LogP contribution in [0, 0.1) is 12.8 Å². The number of carbonyl (C=O) groups excluding carboxylic acids is 2. The Morgan fingerprint density at radius 1 is 0.881 bits per heavy atom. The summed E-state index contributed by atoms with van der Waals surface area (Å²) >= 11 is 0. The van der Waals surface area contributed by atoms with Crippen molar-refractivity contribution in [2.75, 3.05) is 12.4 Å². The fraction of sp³-hybridized carbons (Fsp3) is 0.188. The summed E-state index contributed by atoms with van der Waals surface area (Å²) in [5.74, 6) is -1.08. The van der Waals surface area contributed by atoms with E-state index < -0.39 is 22.0 Å². The Hall–Kier alpha value is -4.67. The van der Waals surface area contributed by atoms with E-state index >= 15 is 0 Å². The zero-order valence-electron chi connectivity index (χ0n) is 23.5. The van der Waals surface area contributed by atoms with Crippen LogP contribution in [0.1, 0.15) is 30.0 Å². The second-order valence-corrected chi connectivity index (χ2v) is 11.9. The van der Waals surface area contributed by atoms with Gasteiger partial charge in [-0.15, -0.1) is 0 Å². The van der Waals surface area contributed by atoms with Gasteiger partial charge in [-0.05, 0) is 65.9 Å². The number of nitrogens with one attached hydrogen (secondary N) is 2. The van der Waals surface area contributed by atoms with E-state index in [1.54, 1.807) is 50.6 Å². The number of methoxy groups -OCH3 is 1. The molecule has 5 aromatic rings. The van der Waals surface area contributed by atoms with Crippen LogP contribution in [0.25, 0.3) is 33.2 Å². The molecule has 0 saturated carbocycles. The highest BCUT2D eigenvalue weighted by Gasteiger charge is 2.29. The number of benzene rings is 3. The van der Waals surface area contributed by atoms with Crippen molar-refractivity contribution in [3.8, 4) is 22.3 Å². The first-order valence-corrected chi connectivity index (χ1v) is 14.7. The molecule has 0 aliphatic carbocycles. The summed E-state index contributed by atoms with van der Waals surface area (Å²) in [6, 6.07) is 20.0. The molecule has 1 amide bonds. The molecule has 2 aromatic heterocycles. The number of hydrogen-bond donors (Lipinski definition) is 2. The van der Waals surface area contributed by atoms with Crippen molar-refractivity contribution in [1.29, 1.82) is 0 Å². The van der Waals surface area contributed by atoms with Crippen LogP contribution in [-0.2, 0) is 19.6 Å². The number of anilines is 1. The molecular formula is C32H30N2O7S. The summed E-state index contributed by atoms with van der Waals surface area (Å²) < 4.78 is 44.1. The quantitative estimate of drug-likeness (QED) is 0.191. The van der Waals surface area contributed by atoms with Crippen LogP contribution in [0.4, 0.5) is 5.69 Å². The molecule has 3 aromatic carbocycles. The predicted molar refractivity (Wildman–Crippen MR) is 159 cm³/mol. The minimum atomic E-state index is -3.95. The van der Waals surface area contributed by atoms with Gasteiger partial charge in [-0.1, -0.05) is 50.2 Å². The number of rotatable bonds is 9. The number of carbonyl (C=O) groups is 2. The van der Waals surface area contributed by atoms with Crippen LogP contribution in [0.5, 0.6) is 0 Å². The Bertz CT molecular complexity index is 1840. The fourth-order valence-electron chi connectivity index (χ4n) is 4.76. The van der Waals surface area contributed by atoms with E-state index in [1.807, 2.05) is 43.3 Å². The van der Waals surface area contributed by atoms with Gasteiger partial charge in [0.1, 0.15) is 11.6 Å². The number of fused-ring (bicyclic) bond motifs is 1. The van der Waals surface area contributed by atoms with Crippen LogP contribution in [0.3, 0.4) is 0 Å². The maximum absolute atomic E-state index is 13.2. The zero-order chi connectivity index (χ0) is 30.0. The summed E-state index contributed by atoms with van der Waals surface area (Å²) in [6.07, 6.45) is 3.25. The van der Waals surface area contributed by atoms with Crippen LogP contribution >= 0.6 is 0 Å². The highest BCUT2D eigenvalue weighted by atomic mass is 32.2. The smallest absolute Gasteiger partial charge is 0.324 e. The highest BCUT2D eigenvalue weighted by molar-refractivity contribution is 7.89. The van der Waals surface area contributed by atoms with Gasteiger partial charge < -0.3 is 18.9 Å². The van der Waals surface area contributed by atoms with E-state index in [9.17, 15) is 18.0 Å². The van der Waals surface area contributed by atoms with Crippen LogP contribution in [0.15, 0.2) is 99.1 Å². The van der Waals surface area contributed by atoms with Crippen molar-refractivity contribution < 1.29 is 31.6 Å². The normalized spacial score (nSPS) is 12.4. The Balaban J connectivity index is 1.30. The molecule has 216 valence electrons. The van der Waals surface area contributed by atoms with Gasteiger partial charge in [0, 0.05) is 22.2 Å². The van der Waals surface area contributed by atoms with E-state index in [0.29, 0.717) is 11.3 Å². The molecule has 1 atom stereocenters. The monoisotopic (exact) mass is 586 g/mol. The van der Waals surface area contributed by atoms with Crippen LogP contribution in [-0.4, -0.2) is 33.4 Å². The fourth-order valence-corrected chi connectivity index (χ4v) is 6.09. The molecule has 0 fully saturated rings. The second-order valence-electron chi connectivity index (χ2n) is 10.2. The van der Waals surface area contributed by atoms with Gasteiger partial charge in [0.15, 0.2) is 5.76 Å².